The molecule has 1 aliphatic heterocycles. The molecule has 1 saturated heterocycles. The number of furan rings is 1. The van der Waals surface area contributed by atoms with E-state index in [1.165, 1.54) is 0 Å². The Morgan fingerprint density at radius 1 is 1.52 bits per heavy atom. The summed E-state index contributed by atoms with van der Waals surface area (Å²) < 4.78 is 5.59. The number of hydrogen-bond acceptors (Lipinski definition) is 4. The summed E-state index contributed by atoms with van der Waals surface area (Å²) in [5, 5.41) is 9.98. The first-order valence-electron chi connectivity index (χ1n) is 8.13. The minimum Gasteiger partial charge on any atom is -0.468 e. The number of aromatic amines is 1. The van der Waals surface area contributed by atoms with Crippen LogP contribution in [0, 0.1) is 19.8 Å². The number of rotatable bonds is 4. The van der Waals surface area contributed by atoms with E-state index in [1.54, 1.807) is 6.26 Å². The molecule has 2 aromatic heterocycles. The maximum absolute atomic E-state index is 12.5. The van der Waals surface area contributed by atoms with Gasteiger partial charge in [-0.2, -0.15) is 5.10 Å². The van der Waals surface area contributed by atoms with Gasteiger partial charge in [-0.05, 0) is 51.3 Å². The van der Waals surface area contributed by atoms with Crippen molar-refractivity contribution in [2.75, 3.05) is 18.4 Å². The number of hydrogen-bond donors (Lipinski definition) is 2. The molecule has 0 spiro atoms. The number of nitrogens with one attached hydrogen (secondary N) is 2. The van der Waals surface area contributed by atoms with Crippen LogP contribution in [0.25, 0.3) is 0 Å². The first-order valence-corrected chi connectivity index (χ1v) is 8.13. The highest BCUT2D eigenvalue weighted by Crippen LogP contribution is 2.34. The van der Waals surface area contributed by atoms with Crippen LogP contribution in [0.5, 0.6) is 0 Å². The summed E-state index contributed by atoms with van der Waals surface area (Å²) in [4.78, 5) is 14.7. The van der Waals surface area contributed by atoms with Gasteiger partial charge in [-0.15, -0.1) is 0 Å². The second-order valence-electron chi connectivity index (χ2n) is 6.49. The number of anilines is 1. The van der Waals surface area contributed by atoms with Crippen molar-refractivity contribution in [3.63, 3.8) is 0 Å². The van der Waals surface area contributed by atoms with Crippen molar-refractivity contribution < 1.29 is 9.21 Å². The molecule has 1 aliphatic rings. The van der Waals surface area contributed by atoms with Gasteiger partial charge in [0, 0.05) is 0 Å². The predicted molar refractivity (Wildman–Crippen MR) is 88.1 cm³/mol. The molecule has 23 heavy (non-hydrogen) atoms. The summed E-state index contributed by atoms with van der Waals surface area (Å²) in [6, 6.07) is 4.08. The molecule has 124 valence electrons. The average molecular weight is 316 g/mol. The fourth-order valence-electron chi connectivity index (χ4n) is 3.25. The van der Waals surface area contributed by atoms with Crippen LogP contribution >= 0.6 is 0 Å². The highest BCUT2D eigenvalue weighted by molar-refractivity contribution is 5.93. The molecule has 3 rings (SSSR count). The van der Waals surface area contributed by atoms with Crippen LogP contribution in [-0.4, -0.2) is 34.1 Å². The monoisotopic (exact) mass is 316 g/mol. The molecule has 2 aromatic rings. The maximum Gasteiger partial charge on any atom is 0.238 e. The molecular weight excluding hydrogens is 292 g/mol. The lowest BCUT2D eigenvalue weighted by Crippen LogP contribution is -2.41. The number of aromatic nitrogens is 2. The van der Waals surface area contributed by atoms with Crippen LogP contribution in [0.2, 0.25) is 0 Å². The molecule has 6 nitrogen and oxygen atoms in total. The number of likely N-dealkylation sites (tertiary alicyclic amines) is 1. The fourth-order valence-corrected chi connectivity index (χ4v) is 3.25. The molecule has 0 aliphatic carbocycles. The van der Waals surface area contributed by atoms with Crippen molar-refractivity contribution in [3.8, 4) is 0 Å². The molecule has 6 heteroatoms. The quantitative estimate of drug-likeness (QED) is 0.909. The highest BCUT2D eigenvalue weighted by atomic mass is 16.3. The first-order chi connectivity index (χ1) is 11.0. The van der Waals surface area contributed by atoms with E-state index in [1.807, 2.05) is 26.0 Å². The summed E-state index contributed by atoms with van der Waals surface area (Å²) in [7, 11) is 0. The van der Waals surface area contributed by atoms with Crippen molar-refractivity contribution in [3.05, 3.63) is 35.5 Å². The summed E-state index contributed by atoms with van der Waals surface area (Å²) in [5.74, 6) is 1.58. The van der Waals surface area contributed by atoms with Gasteiger partial charge >= 0.3 is 0 Å². The summed E-state index contributed by atoms with van der Waals surface area (Å²) in [6.07, 6.45) is 3.82. The lowest BCUT2D eigenvalue weighted by molar-refractivity contribution is -0.118. The number of piperidine rings is 1. The minimum atomic E-state index is -0.0105. The molecule has 0 saturated carbocycles. The van der Waals surface area contributed by atoms with Crippen molar-refractivity contribution in [1.82, 2.24) is 15.1 Å². The number of carbonyl (C=O) groups excluding carboxylic acids is 1. The Hall–Kier alpha value is -2.08. The third kappa shape index (κ3) is 3.47. The van der Waals surface area contributed by atoms with Gasteiger partial charge in [0.1, 0.15) is 5.76 Å². The Kier molecular flexibility index (Phi) is 4.52. The lowest BCUT2D eigenvalue weighted by Gasteiger charge is -2.36. The average Bonchev–Trinajstić information content (AvgIpc) is 3.15. The summed E-state index contributed by atoms with van der Waals surface area (Å²) in [5.41, 5.74) is 2.48. The summed E-state index contributed by atoms with van der Waals surface area (Å²) in [6.45, 7) is 7.31. The van der Waals surface area contributed by atoms with E-state index < -0.39 is 0 Å². The van der Waals surface area contributed by atoms with E-state index in [0.29, 0.717) is 12.5 Å². The zero-order valence-corrected chi connectivity index (χ0v) is 13.9. The van der Waals surface area contributed by atoms with Gasteiger partial charge in [0.15, 0.2) is 0 Å². The molecule has 2 N–H and O–H groups in total. The molecule has 0 radical (unpaired) electrons. The second-order valence-corrected chi connectivity index (χ2v) is 6.49. The van der Waals surface area contributed by atoms with Gasteiger partial charge in [0.2, 0.25) is 5.91 Å². The molecule has 2 atom stereocenters. The molecular formula is C17H24N4O2. The number of H-pyrrole nitrogens is 1. The number of amides is 1. The predicted octanol–water partition coefficient (Wildman–Crippen LogP) is 3.03. The Morgan fingerprint density at radius 3 is 3.00 bits per heavy atom. The Balaban J connectivity index is 1.68. The fraction of sp³-hybridized carbons (Fsp3) is 0.529. The van der Waals surface area contributed by atoms with Crippen LogP contribution in [0.4, 0.5) is 5.69 Å². The van der Waals surface area contributed by atoms with Crippen molar-refractivity contribution in [2.24, 2.45) is 5.92 Å². The van der Waals surface area contributed by atoms with Crippen molar-refractivity contribution >= 4 is 11.6 Å². The topological polar surface area (TPSA) is 74.2 Å². The molecule has 1 fully saturated rings. The van der Waals surface area contributed by atoms with Gasteiger partial charge in [-0.3, -0.25) is 14.8 Å². The van der Waals surface area contributed by atoms with E-state index in [0.717, 1.165) is 42.2 Å². The van der Waals surface area contributed by atoms with Crippen molar-refractivity contribution in [1.29, 1.82) is 0 Å². The van der Waals surface area contributed by atoms with Gasteiger partial charge in [-0.1, -0.05) is 6.92 Å². The van der Waals surface area contributed by atoms with Crippen molar-refractivity contribution in [2.45, 2.75) is 39.7 Å². The van der Waals surface area contributed by atoms with E-state index in [2.05, 4.69) is 27.3 Å². The number of nitrogens with zero attached hydrogens (tertiary/aromatic N) is 2. The van der Waals surface area contributed by atoms with Gasteiger partial charge in [-0.25, -0.2) is 0 Å². The minimum absolute atomic E-state index is 0.0105. The SMILES string of the molecule is Cc1n[nH]c(C)c1NC(=O)CN1CC[C@@H](C)C[C@H]1c1ccco1. The van der Waals surface area contributed by atoms with Gasteiger partial charge in [0.25, 0.3) is 0 Å². The molecule has 3 heterocycles. The van der Waals surface area contributed by atoms with Crippen LogP contribution in [-0.2, 0) is 4.79 Å². The smallest absolute Gasteiger partial charge is 0.238 e. The molecule has 1 amide bonds. The third-order valence-corrected chi connectivity index (χ3v) is 4.59. The number of carbonyl (C=O) groups is 1. The standard InChI is InChI=1S/C17H24N4O2/c1-11-6-7-21(14(9-11)15-5-4-8-23-15)10-16(22)18-17-12(2)19-20-13(17)3/h4-5,8,11,14H,6-7,9-10H2,1-3H3,(H,18,22)(H,19,20)/t11-,14+/m1/s1. The van der Waals surface area contributed by atoms with Crippen LogP contribution < -0.4 is 5.32 Å². The maximum atomic E-state index is 12.5. The lowest BCUT2D eigenvalue weighted by atomic mass is 9.91. The zero-order valence-electron chi connectivity index (χ0n) is 13.9. The molecule has 0 bridgehead atoms. The molecule has 0 aromatic carbocycles. The Labute approximate surface area is 136 Å². The Bertz CT molecular complexity index is 643. The Morgan fingerprint density at radius 2 is 2.35 bits per heavy atom. The van der Waals surface area contributed by atoms with Crippen LogP contribution in [0.1, 0.15) is 43.0 Å². The molecule has 0 unspecified atom stereocenters. The normalized spacial score (nSPS) is 22.2. The van der Waals surface area contributed by atoms with E-state index >= 15 is 0 Å². The van der Waals surface area contributed by atoms with E-state index in [9.17, 15) is 4.79 Å². The van der Waals surface area contributed by atoms with Crippen LogP contribution in [0.3, 0.4) is 0 Å². The van der Waals surface area contributed by atoms with Gasteiger partial charge < -0.3 is 9.73 Å². The van der Waals surface area contributed by atoms with Crippen LogP contribution in [0.15, 0.2) is 22.8 Å². The highest BCUT2D eigenvalue weighted by Gasteiger charge is 2.30. The number of aryl methyl sites for hydroxylation is 2. The largest absolute Gasteiger partial charge is 0.468 e. The van der Waals surface area contributed by atoms with E-state index in [4.69, 9.17) is 4.42 Å². The summed E-state index contributed by atoms with van der Waals surface area (Å²) >= 11 is 0. The third-order valence-electron chi connectivity index (χ3n) is 4.59. The van der Waals surface area contributed by atoms with Gasteiger partial charge in [0.05, 0.1) is 35.9 Å². The second kappa shape index (κ2) is 6.58. The first kappa shape index (κ1) is 15.8. The van der Waals surface area contributed by atoms with E-state index in [-0.39, 0.29) is 11.9 Å². The zero-order chi connectivity index (χ0) is 16.4.